The molecule has 0 amide bonds. The van der Waals surface area contributed by atoms with E-state index in [-0.39, 0.29) is 0 Å². The Morgan fingerprint density at radius 1 is 1.06 bits per heavy atom. The van der Waals surface area contributed by atoms with Crippen LogP contribution < -0.4 is 0 Å². The first-order chi connectivity index (χ1) is 7.93. The first-order valence-electron chi connectivity index (χ1n) is 6.06. The van der Waals surface area contributed by atoms with E-state index in [0.717, 1.165) is 13.1 Å². The summed E-state index contributed by atoms with van der Waals surface area (Å²) >= 11 is 0. The molecule has 0 saturated carbocycles. The third-order valence-corrected chi connectivity index (χ3v) is 3.38. The predicted octanol–water partition coefficient (Wildman–Crippen LogP) is 2.13. The zero-order valence-corrected chi connectivity index (χ0v) is 9.47. The lowest BCUT2D eigenvalue weighted by Gasteiger charge is -2.14. The highest BCUT2D eigenvalue weighted by atomic mass is 15.3. The number of hydrogen-bond donors (Lipinski definition) is 0. The highest BCUT2D eigenvalue weighted by Gasteiger charge is 2.11. The van der Waals surface area contributed by atoms with Crippen LogP contribution in [0.25, 0.3) is 10.9 Å². The minimum atomic E-state index is 1.01. The van der Waals surface area contributed by atoms with Crippen LogP contribution in [0.3, 0.4) is 0 Å². The lowest BCUT2D eigenvalue weighted by molar-refractivity contribution is 0.318. The monoisotopic (exact) mass is 215 g/mol. The molecular weight excluding hydrogens is 198 g/mol. The summed E-state index contributed by atoms with van der Waals surface area (Å²) in [5.74, 6) is 0. The number of benzene rings is 1. The highest BCUT2D eigenvalue weighted by molar-refractivity contribution is 5.78. The van der Waals surface area contributed by atoms with Crippen LogP contribution in [-0.4, -0.2) is 34.3 Å². The maximum atomic E-state index is 4.45. The zero-order chi connectivity index (χ0) is 10.8. The molecule has 1 fully saturated rings. The van der Waals surface area contributed by atoms with Gasteiger partial charge in [0.1, 0.15) is 0 Å². The Balaban J connectivity index is 1.73. The van der Waals surface area contributed by atoms with Crippen LogP contribution in [0, 0.1) is 0 Å². The van der Waals surface area contributed by atoms with Crippen LogP contribution in [0.5, 0.6) is 0 Å². The fraction of sp³-hybridized carbons (Fsp3) is 0.462. The standard InChI is InChI=1S/C13H17N3/c1-2-6-13-12(5-1)11-14-16(13)10-9-15-7-3-4-8-15/h1-2,5-6,11H,3-4,7-10H2. The van der Waals surface area contributed by atoms with Crippen molar-refractivity contribution in [3.63, 3.8) is 0 Å². The lowest BCUT2D eigenvalue weighted by Crippen LogP contribution is -2.24. The molecule has 2 heterocycles. The van der Waals surface area contributed by atoms with E-state index in [9.17, 15) is 0 Å². The van der Waals surface area contributed by atoms with Crippen molar-refractivity contribution in [1.29, 1.82) is 0 Å². The molecule has 3 heteroatoms. The maximum absolute atomic E-state index is 4.45. The largest absolute Gasteiger partial charge is 0.301 e. The number of para-hydroxylation sites is 1. The summed E-state index contributed by atoms with van der Waals surface area (Å²) in [6.45, 7) is 4.66. The summed E-state index contributed by atoms with van der Waals surface area (Å²) < 4.78 is 2.12. The molecule has 0 radical (unpaired) electrons. The summed E-state index contributed by atoms with van der Waals surface area (Å²) in [5, 5.41) is 5.69. The number of aromatic nitrogens is 2. The Kier molecular flexibility index (Phi) is 2.62. The van der Waals surface area contributed by atoms with Gasteiger partial charge >= 0.3 is 0 Å². The summed E-state index contributed by atoms with van der Waals surface area (Å²) in [7, 11) is 0. The van der Waals surface area contributed by atoms with E-state index in [1.165, 1.54) is 36.8 Å². The SMILES string of the molecule is c1ccc2c(c1)cnn2CCN1CCCC1. The van der Waals surface area contributed by atoms with Gasteiger partial charge in [-0.25, -0.2) is 0 Å². The van der Waals surface area contributed by atoms with Gasteiger partial charge in [0.25, 0.3) is 0 Å². The van der Waals surface area contributed by atoms with Crippen molar-refractivity contribution in [2.75, 3.05) is 19.6 Å². The molecule has 84 valence electrons. The third-order valence-electron chi connectivity index (χ3n) is 3.38. The van der Waals surface area contributed by atoms with Gasteiger partial charge in [-0.15, -0.1) is 0 Å². The summed E-state index contributed by atoms with van der Waals surface area (Å²) in [6.07, 6.45) is 4.68. The van der Waals surface area contributed by atoms with Crippen LogP contribution in [0.4, 0.5) is 0 Å². The molecule has 1 aromatic carbocycles. The van der Waals surface area contributed by atoms with Gasteiger partial charge in [0.15, 0.2) is 0 Å². The van der Waals surface area contributed by atoms with Gasteiger partial charge in [-0.3, -0.25) is 4.68 Å². The van der Waals surface area contributed by atoms with Crippen molar-refractivity contribution in [2.24, 2.45) is 0 Å². The van der Waals surface area contributed by atoms with Gasteiger partial charge in [0.2, 0.25) is 0 Å². The molecule has 0 bridgehead atoms. The zero-order valence-electron chi connectivity index (χ0n) is 9.47. The van der Waals surface area contributed by atoms with Crippen molar-refractivity contribution >= 4 is 10.9 Å². The smallest absolute Gasteiger partial charge is 0.0682 e. The maximum Gasteiger partial charge on any atom is 0.0682 e. The van der Waals surface area contributed by atoms with Crippen molar-refractivity contribution in [2.45, 2.75) is 19.4 Å². The number of hydrogen-bond acceptors (Lipinski definition) is 2. The molecule has 0 atom stereocenters. The minimum Gasteiger partial charge on any atom is -0.301 e. The van der Waals surface area contributed by atoms with Crippen molar-refractivity contribution in [3.8, 4) is 0 Å². The first kappa shape index (κ1) is 9.85. The number of fused-ring (bicyclic) bond motifs is 1. The van der Waals surface area contributed by atoms with E-state index >= 15 is 0 Å². The van der Waals surface area contributed by atoms with Gasteiger partial charge in [-0.1, -0.05) is 18.2 Å². The molecule has 0 N–H and O–H groups in total. The second-order valence-electron chi connectivity index (χ2n) is 4.48. The molecule has 1 aliphatic rings. The molecule has 1 saturated heterocycles. The Hall–Kier alpha value is -1.35. The van der Waals surface area contributed by atoms with E-state index in [2.05, 4.69) is 38.9 Å². The third kappa shape index (κ3) is 1.83. The van der Waals surface area contributed by atoms with Gasteiger partial charge in [-0.2, -0.15) is 5.10 Å². The number of nitrogens with zero attached hydrogens (tertiary/aromatic N) is 3. The molecule has 3 nitrogen and oxygen atoms in total. The molecular formula is C13H17N3. The number of likely N-dealkylation sites (tertiary alicyclic amines) is 1. The van der Waals surface area contributed by atoms with Gasteiger partial charge in [0, 0.05) is 11.9 Å². The molecule has 3 rings (SSSR count). The lowest BCUT2D eigenvalue weighted by atomic mass is 10.2. The van der Waals surface area contributed by atoms with Crippen LogP contribution in [0.1, 0.15) is 12.8 Å². The topological polar surface area (TPSA) is 21.1 Å². The van der Waals surface area contributed by atoms with Crippen molar-refractivity contribution in [1.82, 2.24) is 14.7 Å². The van der Waals surface area contributed by atoms with Crippen LogP contribution in [-0.2, 0) is 6.54 Å². The van der Waals surface area contributed by atoms with E-state index < -0.39 is 0 Å². The average molecular weight is 215 g/mol. The van der Waals surface area contributed by atoms with E-state index in [1.54, 1.807) is 0 Å². The fourth-order valence-corrected chi connectivity index (χ4v) is 2.45. The van der Waals surface area contributed by atoms with E-state index in [1.807, 2.05) is 6.20 Å². The molecule has 0 unspecified atom stereocenters. The minimum absolute atomic E-state index is 1.01. The molecule has 0 aliphatic carbocycles. The highest BCUT2D eigenvalue weighted by Crippen LogP contribution is 2.13. The van der Waals surface area contributed by atoms with Gasteiger partial charge < -0.3 is 4.90 Å². The Bertz CT molecular complexity index is 469. The molecule has 2 aromatic rings. The second-order valence-corrected chi connectivity index (χ2v) is 4.48. The predicted molar refractivity (Wildman–Crippen MR) is 65.4 cm³/mol. The van der Waals surface area contributed by atoms with Crippen LogP contribution in [0.15, 0.2) is 30.5 Å². The van der Waals surface area contributed by atoms with Gasteiger partial charge in [0.05, 0.1) is 18.3 Å². The Labute approximate surface area is 95.7 Å². The van der Waals surface area contributed by atoms with Crippen molar-refractivity contribution < 1.29 is 0 Å². The normalized spacial score (nSPS) is 17.2. The molecule has 1 aliphatic heterocycles. The van der Waals surface area contributed by atoms with E-state index in [4.69, 9.17) is 0 Å². The quantitative estimate of drug-likeness (QED) is 0.782. The van der Waals surface area contributed by atoms with Crippen molar-refractivity contribution in [3.05, 3.63) is 30.5 Å². The summed E-state index contributed by atoms with van der Waals surface area (Å²) in [5.41, 5.74) is 1.25. The van der Waals surface area contributed by atoms with Crippen LogP contribution >= 0.6 is 0 Å². The second kappa shape index (κ2) is 4.26. The molecule has 0 spiro atoms. The number of rotatable bonds is 3. The summed E-state index contributed by atoms with van der Waals surface area (Å²) in [4.78, 5) is 2.52. The first-order valence-corrected chi connectivity index (χ1v) is 6.06. The Morgan fingerprint density at radius 2 is 1.88 bits per heavy atom. The Morgan fingerprint density at radius 3 is 2.75 bits per heavy atom. The van der Waals surface area contributed by atoms with Gasteiger partial charge in [-0.05, 0) is 32.0 Å². The van der Waals surface area contributed by atoms with Crippen LogP contribution in [0.2, 0.25) is 0 Å². The average Bonchev–Trinajstić information content (AvgIpc) is 2.96. The van der Waals surface area contributed by atoms with E-state index in [0.29, 0.717) is 0 Å². The summed E-state index contributed by atoms with van der Waals surface area (Å²) in [6, 6.07) is 8.41. The molecule has 1 aromatic heterocycles. The fourth-order valence-electron chi connectivity index (χ4n) is 2.45. The molecule has 16 heavy (non-hydrogen) atoms.